The fraction of sp³-hybridized carbons (Fsp3) is 0.312. The van der Waals surface area contributed by atoms with E-state index in [1.807, 2.05) is 56.3 Å². The third-order valence-electron chi connectivity index (χ3n) is 3.43. The van der Waals surface area contributed by atoms with Gasteiger partial charge in [-0.15, -0.1) is 0 Å². The largest absolute Gasteiger partial charge is 0.497 e. The number of hydrogen-bond donors (Lipinski definition) is 0. The minimum atomic E-state index is -0.465. The smallest absolute Gasteiger partial charge is 0.172 e. The van der Waals surface area contributed by atoms with Gasteiger partial charge in [0.15, 0.2) is 5.78 Å². The highest BCUT2D eigenvalue weighted by Gasteiger charge is 2.34. The number of hydrogen-bond acceptors (Lipinski definition) is 2. The molecule has 18 heavy (non-hydrogen) atoms. The molecule has 1 unspecified atom stereocenters. The highest BCUT2D eigenvalue weighted by atomic mass is 16.5. The van der Waals surface area contributed by atoms with E-state index in [0.717, 1.165) is 16.9 Å². The third kappa shape index (κ3) is 2.23. The van der Waals surface area contributed by atoms with Gasteiger partial charge in [-0.1, -0.05) is 36.4 Å². The summed E-state index contributed by atoms with van der Waals surface area (Å²) in [5.41, 5.74) is 1.41. The first-order chi connectivity index (χ1) is 8.57. The van der Waals surface area contributed by atoms with E-state index in [2.05, 4.69) is 0 Å². The van der Waals surface area contributed by atoms with Gasteiger partial charge in [-0.05, 0) is 31.9 Å². The van der Waals surface area contributed by atoms with Crippen LogP contribution >= 0.6 is 0 Å². The van der Waals surface area contributed by atoms with Crippen LogP contribution in [0.3, 0.4) is 0 Å². The van der Waals surface area contributed by atoms with Crippen molar-refractivity contribution in [1.82, 2.24) is 0 Å². The Morgan fingerprint density at radius 3 is 2.50 bits per heavy atom. The molecule has 1 aliphatic rings. The topological polar surface area (TPSA) is 26.3 Å². The van der Waals surface area contributed by atoms with Gasteiger partial charge in [0.1, 0.15) is 5.76 Å². The van der Waals surface area contributed by atoms with E-state index in [-0.39, 0.29) is 5.78 Å². The number of carbonyl (C=O) groups excluding carboxylic acids is 1. The Morgan fingerprint density at radius 2 is 1.94 bits per heavy atom. The molecule has 0 fully saturated rings. The van der Waals surface area contributed by atoms with Crippen molar-refractivity contribution in [2.45, 2.75) is 20.3 Å². The zero-order chi connectivity index (χ0) is 13.2. The van der Waals surface area contributed by atoms with Crippen molar-refractivity contribution < 1.29 is 9.53 Å². The minimum absolute atomic E-state index is 0.161. The summed E-state index contributed by atoms with van der Waals surface area (Å²) in [6.45, 7) is 3.99. The number of Topliss-reactive ketones (excluding diaryl/α,β-unsaturated/α-hetero) is 1. The maximum Gasteiger partial charge on any atom is 0.172 e. The summed E-state index contributed by atoms with van der Waals surface area (Å²) in [6.07, 6.45) is 4.56. The molecule has 0 spiro atoms. The second-order valence-electron chi connectivity index (χ2n) is 4.97. The summed E-state index contributed by atoms with van der Waals surface area (Å²) in [5, 5.41) is 0. The van der Waals surface area contributed by atoms with E-state index in [9.17, 15) is 4.79 Å². The molecule has 1 aromatic rings. The fourth-order valence-electron chi connectivity index (χ4n) is 2.42. The molecule has 0 saturated heterocycles. The van der Waals surface area contributed by atoms with Gasteiger partial charge in [0, 0.05) is 5.56 Å². The lowest BCUT2D eigenvalue weighted by Crippen LogP contribution is -2.28. The van der Waals surface area contributed by atoms with E-state index < -0.39 is 5.41 Å². The number of benzene rings is 1. The van der Waals surface area contributed by atoms with E-state index >= 15 is 0 Å². The lowest BCUT2D eigenvalue weighted by atomic mass is 9.74. The summed E-state index contributed by atoms with van der Waals surface area (Å²) in [4.78, 5) is 12.5. The highest BCUT2D eigenvalue weighted by molar-refractivity contribution is 6.01. The average molecular weight is 242 g/mol. The Bertz CT molecular complexity index is 511. The van der Waals surface area contributed by atoms with Gasteiger partial charge in [-0.3, -0.25) is 4.79 Å². The van der Waals surface area contributed by atoms with E-state index in [1.54, 1.807) is 7.11 Å². The standard InChI is InChI=1S/C16H18O2/c1-12-11-16(2,10-9-14(12)18-3)15(17)13-7-5-4-6-8-13/h4-10H,11H2,1-3H3. The molecule has 0 amide bonds. The molecular weight excluding hydrogens is 224 g/mol. The molecule has 1 aromatic carbocycles. The first-order valence-corrected chi connectivity index (χ1v) is 6.09. The van der Waals surface area contributed by atoms with Gasteiger partial charge < -0.3 is 4.74 Å². The molecule has 0 saturated carbocycles. The molecule has 2 nitrogen and oxygen atoms in total. The second kappa shape index (κ2) is 4.81. The maximum absolute atomic E-state index is 12.5. The lowest BCUT2D eigenvalue weighted by molar-refractivity contribution is 0.0864. The van der Waals surface area contributed by atoms with Crippen LogP contribution in [-0.2, 0) is 4.74 Å². The fourth-order valence-corrected chi connectivity index (χ4v) is 2.42. The van der Waals surface area contributed by atoms with Crippen LogP contribution < -0.4 is 0 Å². The summed E-state index contributed by atoms with van der Waals surface area (Å²) in [5.74, 6) is 1.03. The zero-order valence-electron chi connectivity index (χ0n) is 11.1. The number of carbonyl (C=O) groups is 1. The van der Waals surface area contributed by atoms with Crippen molar-refractivity contribution in [3.05, 3.63) is 59.4 Å². The quantitative estimate of drug-likeness (QED) is 0.754. The maximum atomic E-state index is 12.5. The first kappa shape index (κ1) is 12.6. The SMILES string of the molecule is COC1=C(C)CC(C)(C(=O)c2ccccc2)C=C1. The molecule has 0 aromatic heterocycles. The Kier molecular flexibility index (Phi) is 3.37. The number of allylic oxidation sites excluding steroid dienone is 3. The van der Waals surface area contributed by atoms with Crippen LogP contribution in [0.25, 0.3) is 0 Å². The Hall–Kier alpha value is -1.83. The van der Waals surface area contributed by atoms with Gasteiger partial charge in [-0.25, -0.2) is 0 Å². The van der Waals surface area contributed by atoms with Crippen LogP contribution in [-0.4, -0.2) is 12.9 Å². The number of ether oxygens (including phenoxy) is 1. The molecular formula is C16H18O2. The van der Waals surface area contributed by atoms with E-state index in [0.29, 0.717) is 6.42 Å². The van der Waals surface area contributed by atoms with Crippen molar-refractivity contribution in [3.8, 4) is 0 Å². The highest BCUT2D eigenvalue weighted by Crippen LogP contribution is 2.36. The van der Waals surface area contributed by atoms with Gasteiger partial charge in [0.05, 0.1) is 12.5 Å². The van der Waals surface area contributed by atoms with Crippen molar-refractivity contribution in [2.24, 2.45) is 5.41 Å². The molecule has 2 rings (SSSR count). The predicted octanol–water partition coefficient (Wildman–Crippen LogP) is 3.76. The zero-order valence-corrected chi connectivity index (χ0v) is 11.1. The Morgan fingerprint density at radius 1 is 1.28 bits per heavy atom. The van der Waals surface area contributed by atoms with Crippen LogP contribution in [0.4, 0.5) is 0 Å². The van der Waals surface area contributed by atoms with Gasteiger partial charge in [-0.2, -0.15) is 0 Å². The molecule has 0 heterocycles. The van der Waals surface area contributed by atoms with Crippen LogP contribution in [0.5, 0.6) is 0 Å². The second-order valence-corrected chi connectivity index (χ2v) is 4.97. The number of ketones is 1. The molecule has 1 aliphatic carbocycles. The number of rotatable bonds is 3. The van der Waals surface area contributed by atoms with Gasteiger partial charge in [0.25, 0.3) is 0 Å². The van der Waals surface area contributed by atoms with Crippen molar-refractivity contribution in [3.63, 3.8) is 0 Å². The molecule has 0 N–H and O–H groups in total. The predicted molar refractivity (Wildman–Crippen MR) is 72.3 cm³/mol. The average Bonchev–Trinajstić information content (AvgIpc) is 2.39. The third-order valence-corrected chi connectivity index (χ3v) is 3.43. The van der Waals surface area contributed by atoms with E-state index in [1.165, 1.54) is 0 Å². The molecule has 1 atom stereocenters. The molecule has 0 radical (unpaired) electrons. The van der Waals surface area contributed by atoms with Crippen molar-refractivity contribution >= 4 is 5.78 Å². The van der Waals surface area contributed by atoms with Gasteiger partial charge >= 0.3 is 0 Å². The molecule has 0 aliphatic heterocycles. The first-order valence-electron chi connectivity index (χ1n) is 6.09. The minimum Gasteiger partial charge on any atom is -0.497 e. The molecule has 94 valence electrons. The summed E-state index contributed by atoms with van der Waals surface area (Å²) in [7, 11) is 1.66. The van der Waals surface area contributed by atoms with Crippen LogP contribution in [0.2, 0.25) is 0 Å². The molecule has 0 bridgehead atoms. The van der Waals surface area contributed by atoms with E-state index in [4.69, 9.17) is 4.74 Å². The van der Waals surface area contributed by atoms with Crippen LogP contribution in [0, 0.1) is 5.41 Å². The van der Waals surface area contributed by atoms with Crippen molar-refractivity contribution in [1.29, 1.82) is 0 Å². The summed E-state index contributed by atoms with van der Waals surface area (Å²) < 4.78 is 5.26. The Balaban J connectivity index is 2.28. The Labute approximate surface area is 108 Å². The van der Waals surface area contributed by atoms with Crippen LogP contribution in [0.15, 0.2) is 53.8 Å². The summed E-state index contributed by atoms with van der Waals surface area (Å²) >= 11 is 0. The van der Waals surface area contributed by atoms with Crippen LogP contribution in [0.1, 0.15) is 30.6 Å². The monoisotopic (exact) mass is 242 g/mol. The lowest BCUT2D eigenvalue weighted by Gasteiger charge is -2.29. The molecule has 2 heteroatoms. The normalized spacial score (nSPS) is 23.1. The summed E-state index contributed by atoms with van der Waals surface area (Å²) in [6, 6.07) is 9.45. The van der Waals surface area contributed by atoms with Gasteiger partial charge in [0.2, 0.25) is 0 Å². The number of methoxy groups -OCH3 is 1. The van der Waals surface area contributed by atoms with Crippen molar-refractivity contribution in [2.75, 3.05) is 7.11 Å².